The Kier molecular flexibility index (Phi) is 4.93. The lowest BCUT2D eigenvalue weighted by Gasteiger charge is -2.17. The van der Waals surface area contributed by atoms with Crippen LogP contribution in [0.25, 0.3) is 0 Å². The van der Waals surface area contributed by atoms with Crippen molar-refractivity contribution in [1.82, 2.24) is 0 Å². The highest BCUT2D eigenvalue weighted by molar-refractivity contribution is 5.98. The first-order chi connectivity index (χ1) is 9.20. The molecule has 104 valence electrons. The predicted molar refractivity (Wildman–Crippen MR) is 71.7 cm³/mol. The van der Waals surface area contributed by atoms with E-state index in [4.69, 9.17) is 9.47 Å². The lowest BCUT2D eigenvalue weighted by Crippen LogP contribution is -2.23. The Hall–Kier alpha value is -1.39. The van der Waals surface area contributed by atoms with Crippen molar-refractivity contribution in [3.05, 3.63) is 29.3 Å². The Balaban J connectivity index is 1.93. The molecule has 19 heavy (non-hydrogen) atoms. The number of carbonyl (C=O) groups excluding carboxylic acids is 1. The summed E-state index contributed by atoms with van der Waals surface area (Å²) in [5.74, 6) is 0.910. The zero-order chi connectivity index (χ0) is 13.7. The van der Waals surface area contributed by atoms with Gasteiger partial charge < -0.3 is 14.6 Å². The SMILES string of the molecule is CCOCC(O)COc1ccc2c(c1)CCCC2=O. The summed E-state index contributed by atoms with van der Waals surface area (Å²) in [6.45, 7) is 2.94. The predicted octanol–water partition coefficient (Wildman–Crippen LogP) is 1.98. The number of fused-ring (bicyclic) bond motifs is 1. The maximum Gasteiger partial charge on any atom is 0.163 e. The number of hydrogen-bond acceptors (Lipinski definition) is 4. The van der Waals surface area contributed by atoms with Crippen molar-refractivity contribution in [1.29, 1.82) is 0 Å². The van der Waals surface area contributed by atoms with Gasteiger partial charge in [0.05, 0.1) is 6.61 Å². The number of benzene rings is 1. The Morgan fingerprint density at radius 1 is 1.32 bits per heavy atom. The van der Waals surface area contributed by atoms with Crippen molar-refractivity contribution in [2.24, 2.45) is 0 Å². The number of aliphatic hydroxyl groups is 1. The van der Waals surface area contributed by atoms with E-state index in [1.807, 2.05) is 19.1 Å². The Morgan fingerprint density at radius 3 is 2.95 bits per heavy atom. The van der Waals surface area contributed by atoms with E-state index in [-0.39, 0.29) is 19.0 Å². The van der Waals surface area contributed by atoms with Crippen molar-refractivity contribution in [3.8, 4) is 5.75 Å². The van der Waals surface area contributed by atoms with E-state index < -0.39 is 6.10 Å². The molecule has 1 aromatic carbocycles. The summed E-state index contributed by atoms with van der Waals surface area (Å²) in [5.41, 5.74) is 1.86. The van der Waals surface area contributed by atoms with E-state index in [1.54, 1.807) is 6.07 Å². The third-order valence-corrected chi connectivity index (χ3v) is 3.18. The van der Waals surface area contributed by atoms with E-state index in [2.05, 4.69) is 0 Å². The fraction of sp³-hybridized carbons (Fsp3) is 0.533. The smallest absolute Gasteiger partial charge is 0.163 e. The van der Waals surface area contributed by atoms with Gasteiger partial charge in [-0.3, -0.25) is 4.79 Å². The molecule has 1 N–H and O–H groups in total. The van der Waals surface area contributed by atoms with Crippen LogP contribution in [0.4, 0.5) is 0 Å². The van der Waals surface area contributed by atoms with E-state index in [9.17, 15) is 9.90 Å². The average molecular weight is 264 g/mol. The van der Waals surface area contributed by atoms with E-state index in [0.717, 1.165) is 24.0 Å². The van der Waals surface area contributed by atoms with E-state index >= 15 is 0 Å². The molecule has 0 heterocycles. The summed E-state index contributed by atoms with van der Waals surface area (Å²) in [5, 5.41) is 9.62. The lowest BCUT2D eigenvalue weighted by molar-refractivity contribution is 0.0164. The lowest BCUT2D eigenvalue weighted by atomic mass is 9.90. The van der Waals surface area contributed by atoms with Crippen LogP contribution in [0, 0.1) is 0 Å². The molecule has 0 spiro atoms. The number of ketones is 1. The van der Waals surface area contributed by atoms with Crippen LogP contribution in [0.15, 0.2) is 18.2 Å². The van der Waals surface area contributed by atoms with Crippen LogP contribution in [0.1, 0.15) is 35.7 Å². The molecule has 0 saturated carbocycles. The van der Waals surface area contributed by atoms with Crippen molar-refractivity contribution in [2.45, 2.75) is 32.3 Å². The van der Waals surface area contributed by atoms with Gasteiger partial charge >= 0.3 is 0 Å². The largest absolute Gasteiger partial charge is 0.491 e. The first-order valence-electron chi connectivity index (χ1n) is 6.75. The third-order valence-electron chi connectivity index (χ3n) is 3.18. The monoisotopic (exact) mass is 264 g/mol. The minimum atomic E-state index is -0.627. The van der Waals surface area contributed by atoms with E-state index in [0.29, 0.717) is 18.8 Å². The molecule has 4 nitrogen and oxygen atoms in total. The van der Waals surface area contributed by atoms with Crippen LogP contribution in [0.2, 0.25) is 0 Å². The summed E-state index contributed by atoms with van der Waals surface area (Å²) in [6.07, 6.45) is 1.83. The molecule has 0 bridgehead atoms. The number of ether oxygens (including phenoxy) is 2. The number of Topliss-reactive ketones (excluding diaryl/α,β-unsaturated/α-hetero) is 1. The number of rotatable bonds is 6. The normalized spacial score (nSPS) is 16.0. The maximum absolute atomic E-state index is 11.7. The quantitative estimate of drug-likeness (QED) is 0.853. The molecule has 1 aliphatic carbocycles. The number of aryl methyl sites for hydroxylation is 1. The standard InChI is InChI=1S/C15H20O4/c1-2-18-9-12(16)10-19-13-6-7-14-11(8-13)4-3-5-15(14)17/h6-8,12,16H,2-5,9-10H2,1H3. The van der Waals surface area contributed by atoms with Crippen LogP contribution in [0.5, 0.6) is 5.75 Å². The Labute approximate surface area is 113 Å². The first kappa shape index (κ1) is 14.0. The van der Waals surface area contributed by atoms with Gasteiger partial charge in [-0.1, -0.05) is 0 Å². The molecule has 2 rings (SSSR count). The number of hydrogen-bond donors (Lipinski definition) is 1. The van der Waals surface area contributed by atoms with Crippen molar-refractivity contribution in [3.63, 3.8) is 0 Å². The maximum atomic E-state index is 11.7. The second kappa shape index (κ2) is 6.68. The molecule has 0 fully saturated rings. The fourth-order valence-corrected chi connectivity index (χ4v) is 2.21. The third kappa shape index (κ3) is 3.78. The number of carbonyl (C=O) groups is 1. The molecule has 0 amide bonds. The molecular weight excluding hydrogens is 244 g/mol. The first-order valence-corrected chi connectivity index (χ1v) is 6.75. The van der Waals surface area contributed by atoms with Crippen molar-refractivity contribution in [2.75, 3.05) is 19.8 Å². The zero-order valence-electron chi connectivity index (χ0n) is 11.2. The second-order valence-corrected chi connectivity index (χ2v) is 4.72. The topological polar surface area (TPSA) is 55.8 Å². The van der Waals surface area contributed by atoms with Crippen molar-refractivity contribution >= 4 is 5.78 Å². The van der Waals surface area contributed by atoms with Crippen LogP contribution >= 0.6 is 0 Å². The minimum Gasteiger partial charge on any atom is -0.491 e. The van der Waals surface area contributed by atoms with Gasteiger partial charge in [0.15, 0.2) is 5.78 Å². The summed E-state index contributed by atoms with van der Waals surface area (Å²) in [6, 6.07) is 5.51. The van der Waals surface area contributed by atoms with Gasteiger partial charge in [0.2, 0.25) is 0 Å². The van der Waals surface area contributed by atoms with Crippen LogP contribution in [0.3, 0.4) is 0 Å². The van der Waals surface area contributed by atoms with Crippen LogP contribution in [-0.4, -0.2) is 36.8 Å². The zero-order valence-corrected chi connectivity index (χ0v) is 11.2. The van der Waals surface area contributed by atoms with Gasteiger partial charge in [-0.2, -0.15) is 0 Å². The number of aliphatic hydroxyl groups excluding tert-OH is 1. The summed E-state index contributed by atoms with van der Waals surface area (Å²) in [7, 11) is 0. The molecular formula is C15H20O4. The molecule has 0 aromatic heterocycles. The molecule has 0 radical (unpaired) electrons. The van der Waals surface area contributed by atoms with Gasteiger partial charge in [0.25, 0.3) is 0 Å². The summed E-state index contributed by atoms with van der Waals surface area (Å²) >= 11 is 0. The highest BCUT2D eigenvalue weighted by atomic mass is 16.5. The molecule has 0 saturated heterocycles. The Morgan fingerprint density at radius 2 is 2.16 bits per heavy atom. The van der Waals surface area contributed by atoms with Crippen LogP contribution < -0.4 is 4.74 Å². The van der Waals surface area contributed by atoms with Gasteiger partial charge in [0, 0.05) is 18.6 Å². The minimum absolute atomic E-state index is 0.201. The highest BCUT2D eigenvalue weighted by Gasteiger charge is 2.17. The molecule has 4 heteroatoms. The van der Waals surface area contributed by atoms with Gasteiger partial charge in [-0.15, -0.1) is 0 Å². The van der Waals surface area contributed by atoms with Gasteiger partial charge in [-0.05, 0) is 43.5 Å². The van der Waals surface area contributed by atoms with Crippen molar-refractivity contribution < 1.29 is 19.4 Å². The fourth-order valence-electron chi connectivity index (χ4n) is 2.21. The average Bonchev–Trinajstić information content (AvgIpc) is 2.43. The van der Waals surface area contributed by atoms with Crippen LogP contribution in [-0.2, 0) is 11.2 Å². The molecule has 1 unspecified atom stereocenters. The molecule has 0 aliphatic heterocycles. The molecule has 1 atom stereocenters. The summed E-state index contributed by atoms with van der Waals surface area (Å²) < 4.78 is 10.6. The summed E-state index contributed by atoms with van der Waals surface area (Å²) in [4.78, 5) is 11.7. The Bertz CT molecular complexity index is 442. The van der Waals surface area contributed by atoms with E-state index in [1.165, 1.54) is 0 Å². The second-order valence-electron chi connectivity index (χ2n) is 4.72. The molecule has 1 aromatic rings. The van der Waals surface area contributed by atoms with Gasteiger partial charge in [-0.25, -0.2) is 0 Å². The highest BCUT2D eigenvalue weighted by Crippen LogP contribution is 2.25. The van der Waals surface area contributed by atoms with Gasteiger partial charge in [0.1, 0.15) is 18.5 Å². The molecule has 1 aliphatic rings.